The van der Waals surface area contributed by atoms with Crippen LogP contribution < -0.4 is 5.46 Å². The van der Waals surface area contributed by atoms with Gasteiger partial charge in [-0.1, -0.05) is 11.5 Å². The number of aliphatic hydroxyl groups is 1. The molecule has 1 saturated heterocycles. The third kappa shape index (κ3) is 2.07. The van der Waals surface area contributed by atoms with Crippen molar-refractivity contribution in [3.05, 3.63) is 24.0 Å². The number of hydrogen-bond acceptors (Lipinski definition) is 4. The van der Waals surface area contributed by atoms with Crippen molar-refractivity contribution in [2.45, 2.75) is 37.1 Å². The van der Waals surface area contributed by atoms with E-state index in [9.17, 15) is 5.11 Å². The molecule has 0 aromatic carbocycles. The van der Waals surface area contributed by atoms with Gasteiger partial charge in [0.05, 0.1) is 18.9 Å². The van der Waals surface area contributed by atoms with E-state index in [0.29, 0.717) is 50.1 Å². The molecule has 5 heteroatoms. The maximum atomic E-state index is 10.7. The Kier molecular flexibility index (Phi) is 2.92. The molecule has 0 atom stereocenters. The summed E-state index contributed by atoms with van der Waals surface area (Å²) in [7, 11) is 5.61. The van der Waals surface area contributed by atoms with E-state index >= 15 is 0 Å². The highest BCUT2D eigenvalue weighted by atomic mass is 16.7. The lowest BCUT2D eigenvalue weighted by molar-refractivity contribution is -0.204. The molecule has 1 N–H and O–H groups in total. The zero-order valence-electron chi connectivity index (χ0n) is 10.3. The fraction of sp³-hybridized carbons (Fsp3) is 0.615. The lowest BCUT2D eigenvalue weighted by Crippen LogP contribution is -2.42. The Morgan fingerprint density at radius 1 is 1.11 bits per heavy atom. The van der Waals surface area contributed by atoms with Crippen LogP contribution >= 0.6 is 0 Å². The number of ether oxygens (including phenoxy) is 2. The zero-order valence-corrected chi connectivity index (χ0v) is 10.3. The zero-order chi connectivity index (χ0) is 12.6. The number of pyridine rings is 1. The fourth-order valence-corrected chi connectivity index (χ4v) is 2.77. The minimum absolute atomic E-state index is 0.458. The van der Waals surface area contributed by atoms with Gasteiger partial charge in [0.25, 0.3) is 0 Å². The molecule has 1 aromatic rings. The predicted octanol–water partition coefficient (Wildman–Crippen LogP) is 0.380. The molecule has 1 spiro atoms. The van der Waals surface area contributed by atoms with Crippen molar-refractivity contribution in [1.29, 1.82) is 0 Å². The molecule has 4 nitrogen and oxygen atoms in total. The summed E-state index contributed by atoms with van der Waals surface area (Å²) in [6.45, 7) is 1.30. The quantitative estimate of drug-likeness (QED) is 0.727. The molecule has 1 aliphatic heterocycles. The minimum Gasteiger partial charge on any atom is -0.384 e. The summed E-state index contributed by atoms with van der Waals surface area (Å²) >= 11 is 0. The van der Waals surface area contributed by atoms with Gasteiger partial charge in [-0.25, -0.2) is 0 Å². The molecule has 3 rings (SSSR count). The molecule has 0 unspecified atom stereocenters. The van der Waals surface area contributed by atoms with Crippen LogP contribution in [0.5, 0.6) is 0 Å². The summed E-state index contributed by atoms with van der Waals surface area (Å²) in [4.78, 5) is 4.23. The normalized spacial score (nSPS) is 25.4. The standard InChI is InChI=1S/C13H16BNO3/c14-10-1-2-11(15-9-10)12(16)3-5-13(6-4-12)17-7-8-18-13/h1-2,9,16H,3-8H2. The van der Waals surface area contributed by atoms with Crippen LogP contribution in [0.1, 0.15) is 31.4 Å². The van der Waals surface area contributed by atoms with E-state index < -0.39 is 11.4 Å². The average Bonchev–Trinajstić information content (AvgIpc) is 2.83. The Morgan fingerprint density at radius 2 is 1.78 bits per heavy atom. The molecule has 1 aliphatic carbocycles. The first-order valence-electron chi connectivity index (χ1n) is 6.34. The van der Waals surface area contributed by atoms with Crippen LogP contribution in [0, 0.1) is 0 Å². The molecule has 2 aliphatic rings. The maximum Gasteiger partial charge on any atom is 0.168 e. The Balaban J connectivity index is 1.75. The Bertz CT molecular complexity index is 418. The lowest BCUT2D eigenvalue weighted by atomic mass is 9.79. The van der Waals surface area contributed by atoms with E-state index in [1.807, 2.05) is 0 Å². The molecule has 1 aromatic heterocycles. The Labute approximate surface area is 108 Å². The van der Waals surface area contributed by atoms with E-state index in [2.05, 4.69) is 4.98 Å². The van der Waals surface area contributed by atoms with Gasteiger partial charge in [-0.05, 0) is 18.9 Å². The van der Waals surface area contributed by atoms with Gasteiger partial charge in [-0.2, -0.15) is 0 Å². The largest absolute Gasteiger partial charge is 0.384 e. The molecule has 0 bridgehead atoms. The van der Waals surface area contributed by atoms with Crippen LogP contribution in [0.2, 0.25) is 0 Å². The second-order valence-corrected chi connectivity index (χ2v) is 5.12. The minimum atomic E-state index is -0.881. The van der Waals surface area contributed by atoms with Gasteiger partial charge >= 0.3 is 0 Å². The van der Waals surface area contributed by atoms with Crippen molar-refractivity contribution in [1.82, 2.24) is 4.98 Å². The molecular formula is C13H16BNO3. The lowest BCUT2D eigenvalue weighted by Gasteiger charge is -2.40. The van der Waals surface area contributed by atoms with E-state index in [1.165, 1.54) is 0 Å². The van der Waals surface area contributed by atoms with Crippen LogP contribution in [0.15, 0.2) is 18.3 Å². The number of nitrogens with zero attached hydrogens (tertiary/aromatic N) is 1. The molecule has 94 valence electrons. The molecule has 2 heterocycles. The highest BCUT2D eigenvalue weighted by Crippen LogP contribution is 2.44. The van der Waals surface area contributed by atoms with Crippen LogP contribution in [0.4, 0.5) is 0 Å². The molecule has 0 amide bonds. The number of aromatic nitrogens is 1. The van der Waals surface area contributed by atoms with E-state index in [-0.39, 0.29) is 0 Å². The summed E-state index contributed by atoms with van der Waals surface area (Å²) in [5, 5.41) is 10.7. The topological polar surface area (TPSA) is 51.6 Å². The average molecular weight is 245 g/mol. The first kappa shape index (κ1) is 12.1. The van der Waals surface area contributed by atoms with Gasteiger partial charge in [0.15, 0.2) is 5.79 Å². The van der Waals surface area contributed by atoms with Gasteiger partial charge in [0.1, 0.15) is 13.4 Å². The van der Waals surface area contributed by atoms with Crippen LogP contribution in [0.25, 0.3) is 0 Å². The summed E-state index contributed by atoms with van der Waals surface area (Å²) in [6, 6.07) is 3.57. The van der Waals surface area contributed by atoms with E-state index in [4.69, 9.17) is 17.3 Å². The molecule has 1 saturated carbocycles. The second kappa shape index (κ2) is 4.33. The van der Waals surface area contributed by atoms with Gasteiger partial charge in [0.2, 0.25) is 0 Å². The first-order chi connectivity index (χ1) is 8.62. The van der Waals surface area contributed by atoms with Gasteiger partial charge < -0.3 is 14.6 Å². The number of hydrogen-bond donors (Lipinski definition) is 1. The Hall–Kier alpha value is -0.905. The molecule has 2 radical (unpaired) electrons. The van der Waals surface area contributed by atoms with Gasteiger partial charge in [-0.3, -0.25) is 4.98 Å². The third-order valence-corrected chi connectivity index (χ3v) is 3.92. The van der Waals surface area contributed by atoms with Crippen molar-refractivity contribution < 1.29 is 14.6 Å². The van der Waals surface area contributed by atoms with Crippen molar-refractivity contribution in [3.8, 4) is 0 Å². The van der Waals surface area contributed by atoms with Gasteiger partial charge in [-0.15, -0.1) is 0 Å². The summed E-state index contributed by atoms with van der Waals surface area (Å²) in [6.07, 6.45) is 4.19. The molecular weight excluding hydrogens is 229 g/mol. The van der Waals surface area contributed by atoms with Crippen molar-refractivity contribution in [2.75, 3.05) is 13.2 Å². The predicted molar refractivity (Wildman–Crippen MR) is 66.6 cm³/mol. The summed E-state index contributed by atoms with van der Waals surface area (Å²) in [5.74, 6) is -0.458. The third-order valence-electron chi connectivity index (χ3n) is 3.92. The summed E-state index contributed by atoms with van der Waals surface area (Å²) in [5.41, 5.74) is 0.412. The Morgan fingerprint density at radius 3 is 2.33 bits per heavy atom. The fourth-order valence-electron chi connectivity index (χ4n) is 2.77. The molecule has 2 fully saturated rings. The van der Waals surface area contributed by atoms with Crippen LogP contribution in [0.3, 0.4) is 0 Å². The smallest absolute Gasteiger partial charge is 0.168 e. The van der Waals surface area contributed by atoms with Crippen LogP contribution in [-0.4, -0.2) is 36.9 Å². The van der Waals surface area contributed by atoms with E-state index in [0.717, 1.165) is 0 Å². The first-order valence-corrected chi connectivity index (χ1v) is 6.34. The monoisotopic (exact) mass is 245 g/mol. The van der Waals surface area contributed by atoms with Crippen molar-refractivity contribution >= 4 is 13.3 Å². The van der Waals surface area contributed by atoms with E-state index in [1.54, 1.807) is 18.3 Å². The SMILES string of the molecule is [B]c1ccc(C2(O)CCC3(CC2)OCCO3)nc1. The highest BCUT2D eigenvalue weighted by Gasteiger charge is 2.46. The van der Waals surface area contributed by atoms with Crippen molar-refractivity contribution in [3.63, 3.8) is 0 Å². The second-order valence-electron chi connectivity index (χ2n) is 5.12. The number of rotatable bonds is 1. The van der Waals surface area contributed by atoms with Crippen molar-refractivity contribution in [2.24, 2.45) is 0 Å². The summed E-state index contributed by atoms with van der Waals surface area (Å²) < 4.78 is 11.3. The molecule has 18 heavy (non-hydrogen) atoms. The highest BCUT2D eigenvalue weighted by molar-refractivity contribution is 6.32. The van der Waals surface area contributed by atoms with Gasteiger partial charge in [0, 0.05) is 19.0 Å². The van der Waals surface area contributed by atoms with Crippen LogP contribution in [-0.2, 0) is 15.1 Å². The maximum absolute atomic E-state index is 10.7.